The van der Waals surface area contributed by atoms with Gasteiger partial charge in [-0.2, -0.15) is 0 Å². The zero-order chi connectivity index (χ0) is 11.6. The van der Waals surface area contributed by atoms with E-state index in [0.717, 1.165) is 0 Å². The molecule has 0 aromatic heterocycles. The van der Waals surface area contributed by atoms with Crippen LogP contribution in [0.1, 0.15) is 27.7 Å². The third-order valence-electron chi connectivity index (χ3n) is 3.10. The molecule has 0 saturated carbocycles. The maximum atomic E-state index is 5.85. The van der Waals surface area contributed by atoms with Crippen molar-refractivity contribution in [3.63, 3.8) is 0 Å². The Balaban J connectivity index is 1.78. The molecule has 3 aliphatic rings. The summed E-state index contributed by atoms with van der Waals surface area (Å²) in [4.78, 5) is 0. The van der Waals surface area contributed by atoms with E-state index in [2.05, 4.69) is 0 Å². The molecule has 0 bridgehead atoms. The highest BCUT2D eigenvalue weighted by Crippen LogP contribution is 2.42. The molecular formula is C11H18O5. The van der Waals surface area contributed by atoms with Gasteiger partial charge in [0.25, 0.3) is 0 Å². The van der Waals surface area contributed by atoms with Gasteiger partial charge in [-0.1, -0.05) is 0 Å². The molecule has 0 amide bonds. The first-order chi connectivity index (χ1) is 7.36. The zero-order valence-electron chi connectivity index (χ0n) is 10.1. The monoisotopic (exact) mass is 230 g/mol. The molecule has 0 spiro atoms. The highest BCUT2D eigenvalue weighted by Gasteiger charge is 2.58. The summed E-state index contributed by atoms with van der Waals surface area (Å²) in [5.41, 5.74) is 0. The SMILES string of the molecule is CC1(C)O[C@@H]2O[C@@H]3COC(C)(C)O[C@@H]3[C@@H]2O1. The molecule has 3 saturated heterocycles. The molecule has 5 heteroatoms. The maximum Gasteiger partial charge on any atom is 0.190 e. The summed E-state index contributed by atoms with van der Waals surface area (Å²) in [5.74, 6) is -1.17. The Morgan fingerprint density at radius 3 is 2.31 bits per heavy atom. The minimum atomic E-state index is -0.591. The molecule has 92 valence electrons. The van der Waals surface area contributed by atoms with Crippen molar-refractivity contribution >= 4 is 0 Å². The van der Waals surface area contributed by atoms with Crippen LogP contribution in [-0.4, -0.2) is 42.8 Å². The smallest absolute Gasteiger partial charge is 0.190 e. The first kappa shape index (κ1) is 10.9. The first-order valence-corrected chi connectivity index (χ1v) is 5.69. The molecule has 3 fully saturated rings. The van der Waals surface area contributed by atoms with E-state index in [1.54, 1.807) is 0 Å². The summed E-state index contributed by atoms with van der Waals surface area (Å²) >= 11 is 0. The number of fused-ring (bicyclic) bond motifs is 3. The number of hydrogen-bond acceptors (Lipinski definition) is 5. The van der Waals surface area contributed by atoms with Crippen LogP contribution in [0.3, 0.4) is 0 Å². The lowest BCUT2D eigenvalue weighted by Gasteiger charge is -2.38. The van der Waals surface area contributed by atoms with Crippen LogP contribution in [0.2, 0.25) is 0 Å². The molecule has 0 aromatic carbocycles. The minimum absolute atomic E-state index is 0.0841. The summed E-state index contributed by atoms with van der Waals surface area (Å²) < 4.78 is 28.6. The van der Waals surface area contributed by atoms with Crippen molar-refractivity contribution in [1.29, 1.82) is 0 Å². The second-order valence-corrected chi connectivity index (χ2v) is 5.44. The molecule has 0 N–H and O–H groups in total. The summed E-state index contributed by atoms with van der Waals surface area (Å²) in [5, 5.41) is 0. The molecule has 0 aromatic rings. The molecule has 3 heterocycles. The highest BCUT2D eigenvalue weighted by molar-refractivity contribution is 4.96. The normalized spacial score (nSPS) is 48.8. The fourth-order valence-corrected chi connectivity index (χ4v) is 2.47. The molecular weight excluding hydrogens is 212 g/mol. The predicted octanol–water partition coefficient (Wildman–Crippen LogP) is 1.01. The van der Waals surface area contributed by atoms with Crippen molar-refractivity contribution in [2.24, 2.45) is 0 Å². The van der Waals surface area contributed by atoms with Crippen molar-refractivity contribution in [2.75, 3.05) is 6.61 Å². The van der Waals surface area contributed by atoms with Gasteiger partial charge in [0, 0.05) is 0 Å². The van der Waals surface area contributed by atoms with Crippen molar-refractivity contribution in [2.45, 2.75) is 63.9 Å². The molecule has 0 unspecified atom stereocenters. The van der Waals surface area contributed by atoms with Gasteiger partial charge < -0.3 is 23.7 Å². The fraction of sp³-hybridized carbons (Fsp3) is 1.00. The van der Waals surface area contributed by atoms with Gasteiger partial charge in [-0.15, -0.1) is 0 Å². The van der Waals surface area contributed by atoms with Crippen LogP contribution in [0.5, 0.6) is 0 Å². The standard InChI is InChI=1S/C11H18O5/c1-10(2)12-5-6-7(14-10)8-9(13-6)16-11(3,4)15-8/h6-9H,5H2,1-4H3/t6-,7+,8+,9+/m1/s1. The lowest BCUT2D eigenvalue weighted by Crippen LogP contribution is -2.50. The van der Waals surface area contributed by atoms with Crippen LogP contribution in [0.4, 0.5) is 0 Å². The largest absolute Gasteiger partial charge is 0.348 e. The Labute approximate surface area is 94.9 Å². The summed E-state index contributed by atoms with van der Waals surface area (Å²) in [6.45, 7) is 8.09. The molecule has 0 radical (unpaired) electrons. The van der Waals surface area contributed by atoms with Crippen LogP contribution in [0.25, 0.3) is 0 Å². The number of ether oxygens (including phenoxy) is 5. The van der Waals surface area contributed by atoms with Crippen LogP contribution in [0.15, 0.2) is 0 Å². The topological polar surface area (TPSA) is 46.2 Å². The first-order valence-electron chi connectivity index (χ1n) is 5.69. The maximum absolute atomic E-state index is 5.85. The minimum Gasteiger partial charge on any atom is -0.348 e. The second-order valence-electron chi connectivity index (χ2n) is 5.44. The molecule has 3 aliphatic heterocycles. The average molecular weight is 230 g/mol. The van der Waals surface area contributed by atoms with E-state index in [0.29, 0.717) is 6.61 Å². The molecule has 16 heavy (non-hydrogen) atoms. The van der Waals surface area contributed by atoms with E-state index >= 15 is 0 Å². The summed E-state index contributed by atoms with van der Waals surface area (Å²) in [7, 11) is 0. The third kappa shape index (κ3) is 1.67. The number of rotatable bonds is 0. The predicted molar refractivity (Wildman–Crippen MR) is 53.6 cm³/mol. The van der Waals surface area contributed by atoms with Gasteiger partial charge >= 0.3 is 0 Å². The summed E-state index contributed by atoms with van der Waals surface area (Å²) in [6.07, 6.45) is -0.666. The van der Waals surface area contributed by atoms with Crippen LogP contribution in [0, 0.1) is 0 Å². The third-order valence-corrected chi connectivity index (χ3v) is 3.10. The van der Waals surface area contributed by atoms with E-state index in [4.69, 9.17) is 23.7 Å². The van der Waals surface area contributed by atoms with Crippen LogP contribution < -0.4 is 0 Å². The van der Waals surface area contributed by atoms with Crippen molar-refractivity contribution in [3.8, 4) is 0 Å². The van der Waals surface area contributed by atoms with Crippen molar-refractivity contribution in [3.05, 3.63) is 0 Å². The molecule has 3 rings (SSSR count). The van der Waals surface area contributed by atoms with Gasteiger partial charge in [-0.3, -0.25) is 0 Å². The molecule has 4 atom stereocenters. The molecule has 0 aliphatic carbocycles. The van der Waals surface area contributed by atoms with E-state index < -0.39 is 11.6 Å². The van der Waals surface area contributed by atoms with Crippen LogP contribution in [-0.2, 0) is 23.7 Å². The van der Waals surface area contributed by atoms with Gasteiger partial charge in [0.1, 0.15) is 18.3 Å². The van der Waals surface area contributed by atoms with Gasteiger partial charge in [0.15, 0.2) is 17.9 Å². The summed E-state index contributed by atoms with van der Waals surface area (Å²) in [6, 6.07) is 0. The van der Waals surface area contributed by atoms with E-state index in [9.17, 15) is 0 Å². The number of hydrogen-bond donors (Lipinski definition) is 0. The van der Waals surface area contributed by atoms with E-state index in [1.807, 2.05) is 27.7 Å². The Kier molecular flexibility index (Phi) is 2.17. The Morgan fingerprint density at radius 2 is 1.56 bits per heavy atom. The second kappa shape index (κ2) is 3.17. The highest BCUT2D eigenvalue weighted by atomic mass is 16.9. The zero-order valence-corrected chi connectivity index (χ0v) is 10.1. The van der Waals surface area contributed by atoms with E-state index in [-0.39, 0.29) is 24.6 Å². The van der Waals surface area contributed by atoms with Gasteiger partial charge in [0.2, 0.25) is 0 Å². The quantitative estimate of drug-likeness (QED) is 0.621. The van der Waals surface area contributed by atoms with Gasteiger partial charge in [0.05, 0.1) is 6.61 Å². The van der Waals surface area contributed by atoms with Crippen LogP contribution >= 0.6 is 0 Å². The van der Waals surface area contributed by atoms with Gasteiger partial charge in [-0.25, -0.2) is 0 Å². The van der Waals surface area contributed by atoms with Crippen molar-refractivity contribution < 1.29 is 23.7 Å². The lowest BCUT2D eigenvalue weighted by atomic mass is 10.1. The average Bonchev–Trinajstić information content (AvgIpc) is 2.57. The van der Waals surface area contributed by atoms with E-state index in [1.165, 1.54) is 0 Å². The Hall–Kier alpha value is -0.200. The van der Waals surface area contributed by atoms with Crippen molar-refractivity contribution in [1.82, 2.24) is 0 Å². The van der Waals surface area contributed by atoms with Gasteiger partial charge in [-0.05, 0) is 27.7 Å². The molecule has 5 nitrogen and oxygen atoms in total. The Bertz CT molecular complexity index is 301. The Morgan fingerprint density at radius 1 is 0.875 bits per heavy atom. The fourth-order valence-electron chi connectivity index (χ4n) is 2.47. The lowest BCUT2D eigenvalue weighted by molar-refractivity contribution is -0.319.